The molecule has 0 aliphatic rings. The number of benzene rings is 3. The molecule has 0 radical (unpaired) electrons. The second kappa shape index (κ2) is 10.4. The van der Waals surface area contributed by atoms with Crippen molar-refractivity contribution >= 4 is 55.3 Å². The number of thiophene rings is 1. The van der Waals surface area contributed by atoms with Crippen LogP contribution in [-0.2, 0) is 6.42 Å². The summed E-state index contributed by atoms with van der Waals surface area (Å²) >= 11 is 4.66. The molecule has 7 heteroatoms. The average molecular weight is 538 g/mol. The van der Waals surface area contributed by atoms with Gasteiger partial charge in [0.05, 0.1) is 25.7 Å². The van der Waals surface area contributed by atoms with Crippen molar-refractivity contribution in [2.24, 2.45) is 0 Å². The van der Waals surface area contributed by atoms with Gasteiger partial charge in [-0.15, -0.1) is 34.0 Å². The van der Waals surface area contributed by atoms with Crippen LogP contribution in [0.4, 0.5) is 5.13 Å². The van der Waals surface area contributed by atoms with Gasteiger partial charge in [0.15, 0.2) is 5.13 Å². The molecular formula is C30H23N3OS3. The molecule has 0 spiro atoms. The van der Waals surface area contributed by atoms with Gasteiger partial charge >= 0.3 is 0 Å². The summed E-state index contributed by atoms with van der Waals surface area (Å²) in [7, 11) is 0. The van der Waals surface area contributed by atoms with E-state index in [-0.39, 0.29) is 5.91 Å². The number of aryl methyl sites for hydroxylation is 1. The summed E-state index contributed by atoms with van der Waals surface area (Å²) < 4.78 is 1.15. The smallest absolute Gasteiger partial charge is 0.267 e. The maximum absolute atomic E-state index is 13.1. The highest BCUT2D eigenvalue weighted by molar-refractivity contribution is 7.26. The molecule has 6 rings (SSSR count). The van der Waals surface area contributed by atoms with E-state index in [1.165, 1.54) is 27.3 Å². The topological polar surface area (TPSA) is 54.9 Å². The van der Waals surface area contributed by atoms with Crippen molar-refractivity contribution in [3.05, 3.63) is 101 Å². The maximum atomic E-state index is 13.1. The lowest BCUT2D eigenvalue weighted by atomic mass is 10.0. The summed E-state index contributed by atoms with van der Waals surface area (Å²) in [6, 6.07) is 30.8. The zero-order valence-corrected chi connectivity index (χ0v) is 22.6. The monoisotopic (exact) mass is 537 g/mol. The van der Waals surface area contributed by atoms with Crippen molar-refractivity contribution in [3.8, 4) is 32.3 Å². The summed E-state index contributed by atoms with van der Waals surface area (Å²) in [4.78, 5) is 25.5. The van der Waals surface area contributed by atoms with Crippen molar-refractivity contribution in [3.63, 3.8) is 0 Å². The summed E-state index contributed by atoms with van der Waals surface area (Å²) in [6.45, 7) is 2.16. The highest BCUT2D eigenvalue weighted by Gasteiger charge is 2.18. The van der Waals surface area contributed by atoms with Crippen molar-refractivity contribution in [2.45, 2.75) is 19.8 Å². The maximum Gasteiger partial charge on any atom is 0.267 e. The summed E-state index contributed by atoms with van der Waals surface area (Å²) in [5, 5.41) is 4.60. The Hall–Kier alpha value is -3.65. The van der Waals surface area contributed by atoms with E-state index in [1.54, 1.807) is 22.7 Å². The molecule has 4 nitrogen and oxygen atoms in total. The van der Waals surface area contributed by atoms with E-state index >= 15 is 0 Å². The number of thiazole rings is 2. The fourth-order valence-electron chi connectivity index (χ4n) is 4.19. The molecule has 0 bridgehead atoms. The van der Waals surface area contributed by atoms with Crippen LogP contribution in [0.5, 0.6) is 0 Å². The summed E-state index contributed by atoms with van der Waals surface area (Å²) in [5.74, 6) is -0.139. The fourth-order valence-corrected chi connectivity index (χ4v) is 7.19. The molecular weight excluding hydrogens is 515 g/mol. The molecule has 0 saturated heterocycles. The lowest BCUT2D eigenvalue weighted by Gasteiger charge is -2.04. The second-order valence-electron chi connectivity index (χ2n) is 8.59. The van der Waals surface area contributed by atoms with Crippen LogP contribution < -0.4 is 5.32 Å². The highest BCUT2D eigenvalue weighted by Crippen LogP contribution is 2.36. The minimum Gasteiger partial charge on any atom is -0.297 e. The Kier molecular flexibility index (Phi) is 6.66. The first-order valence-electron chi connectivity index (χ1n) is 12.1. The van der Waals surface area contributed by atoms with Crippen LogP contribution in [0.1, 0.15) is 27.9 Å². The molecule has 6 aromatic rings. The largest absolute Gasteiger partial charge is 0.297 e. The number of nitrogens with one attached hydrogen (secondary N) is 1. The number of hydrogen-bond donors (Lipinski definition) is 1. The van der Waals surface area contributed by atoms with Crippen LogP contribution in [0.25, 0.3) is 42.5 Å². The molecule has 0 unspecified atom stereocenters. The number of fused-ring (bicyclic) bond motifs is 1. The molecule has 3 heterocycles. The van der Waals surface area contributed by atoms with E-state index in [9.17, 15) is 4.79 Å². The molecule has 0 fully saturated rings. The Morgan fingerprint density at radius 1 is 0.757 bits per heavy atom. The molecule has 0 aliphatic heterocycles. The first-order chi connectivity index (χ1) is 18.2. The Morgan fingerprint density at radius 2 is 1.49 bits per heavy atom. The molecule has 0 saturated carbocycles. The number of amides is 1. The molecule has 3 aromatic carbocycles. The average Bonchev–Trinajstić information content (AvgIpc) is 3.68. The minimum atomic E-state index is -0.139. The number of carbonyl (C=O) groups excluding carboxylic acids is 1. The lowest BCUT2D eigenvalue weighted by molar-refractivity contribution is 0.103. The number of rotatable bonds is 7. The third-order valence-corrected chi connectivity index (χ3v) is 9.31. The summed E-state index contributed by atoms with van der Waals surface area (Å²) in [5.41, 5.74) is 5.36. The quantitative estimate of drug-likeness (QED) is 0.221. The highest BCUT2D eigenvalue weighted by atomic mass is 32.1. The van der Waals surface area contributed by atoms with Gasteiger partial charge in [-0.2, -0.15) is 0 Å². The Bertz CT molecular complexity index is 1650. The van der Waals surface area contributed by atoms with Crippen LogP contribution in [0.15, 0.2) is 91.0 Å². The van der Waals surface area contributed by atoms with Crippen molar-refractivity contribution in [2.75, 3.05) is 5.32 Å². The van der Waals surface area contributed by atoms with Crippen molar-refractivity contribution < 1.29 is 4.79 Å². The SMILES string of the molecule is CCCc1sc(NC(=O)c2ccc(-c3nc4ccccc4s3)s2)nc1-c1ccc(-c2ccccc2)cc1. The molecule has 1 amide bonds. The van der Waals surface area contributed by atoms with E-state index in [2.05, 4.69) is 54.7 Å². The number of carbonyl (C=O) groups is 1. The van der Waals surface area contributed by atoms with Crippen LogP contribution >= 0.6 is 34.0 Å². The van der Waals surface area contributed by atoms with E-state index in [1.807, 2.05) is 48.5 Å². The molecule has 37 heavy (non-hydrogen) atoms. The lowest BCUT2D eigenvalue weighted by Crippen LogP contribution is -2.09. The zero-order valence-electron chi connectivity index (χ0n) is 20.1. The third-order valence-electron chi connectivity index (χ3n) is 5.99. The van der Waals surface area contributed by atoms with Gasteiger partial charge in [0.2, 0.25) is 0 Å². The van der Waals surface area contributed by atoms with Crippen LogP contribution in [-0.4, -0.2) is 15.9 Å². The van der Waals surface area contributed by atoms with E-state index in [0.717, 1.165) is 44.2 Å². The fraction of sp³-hybridized carbons (Fsp3) is 0.100. The number of anilines is 1. The summed E-state index contributed by atoms with van der Waals surface area (Å²) in [6.07, 6.45) is 1.94. The third kappa shape index (κ3) is 4.98. The van der Waals surface area contributed by atoms with Gasteiger partial charge in [0, 0.05) is 10.4 Å². The number of para-hydroxylation sites is 1. The number of aromatic nitrogens is 2. The first-order valence-corrected chi connectivity index (χ1v) is 14.6. The molecule has 182 valence electrons. The Morgan fingerprint density at radius 3 is 2.27 bits per heavy atom. The zero-order chi connectivity index (χ0) is 25.2. The Balaban J connectivity index is 1.22. The van der Waals surface area contributed by atoms with Crippen LogP contribution in [0.3, 0.4) is 0 Å². The number of hydrogen-bond acceptors (Lipinski definition) is 6. The first kappa shape index (κ1) is 23.7. The van der Waals surface area contributed by atoms with Gasteiger partial charge in [-0.25, -0.2) is 9.97 Å². The predicted molar refractivity (Wildman–Crippen MR) is 158 cm³/mol. The Labute approximate surface area is 227 Å². The van der Waals surface area contributed by atoms with Crippen molar-refractivity contribution in [1.29, 1.82) is 0 Å². The van der Waals surface area contributed by atoms with Gasteiger partial charge < -0.3 is 0 Å². The van der Waals surface area contributed by atoms with Gasteiger partial charge in [-0.1, -0.05) is 80.1 Å². The van der Waals surface area contributed by atoms with E-state index in [4.69, 9.17) is 9.97 Å². The molecule has 0 atom stereocenters. The van der Waals surface area contributed by atoms with E-state index in [0.29, 0.717) is 10.0 Å². The molecule has 0 aliphatic carbocycles. The molecule has 1 N–H and O–H groups in total. The predicted octanol–water partition coefficient (Wildman–Crippen LogP) is 9.02. The van der Waals surface area contributed by atoms with Crippen LogP contribution in [0.2, 0.25) is 0 Å². The second-order valence-corrected chi connectivity index (χ2v) is 11.8. The van der Waals surface area contributed by atoms with Gasteiger partial charge in [-0.3, -0.25) is 10.1 Å². The van der Waals surface area contributed by atoms with Crippen molar-refractivity contribution in [1.82, 2.24) is 9.97 Å². The van der Waals surface area contributed by atoms with Gasteiger partial charge in [0.1, 0.15) is 5.01 Å². The normalized spacial score (nSPS) is 11.2. The minimum absolute atomic E-state index is 0.139. The van der Waals surface area contributed by atoms with Gasteiger partial charge in [0.25, 0.3) is 5.91 Å². The van der Waals surface area contributed by atoms with Crippen LogP contribution in [0, 0.1) is 0 Å². The number of nitrogens with zero attached hydrogens (tertiary/aromatic N) is 2. The standard InChI is InChI=1S/C30H23N3OS3/c1-2-8-24-27(21-15-13-20(14-16-21)19-9-4-3-5-10-19)32-30(37-24)33-28(34)25-17-18-26(35-25)29-31-22-11-6-7-12-23(22)36-29/h3-7,9-18H,2,8H2,1H3,(H,32,33,34). The molecule has 3 aromatic heterocycles. The van der Waals surface area contributed by atoms with Gasteiger partial charge in [-0.05, 0) is 41.8 Å². The van der Waals surface area contributed by atoms with E-state index < -0.39 is 0 Å².